The third kappa shape index (κ3) is 4.42. The second kappa shape index (κ2) is 9.91. The minimum Gasteiger partial charge on any atom is -0.454 e. The second-order valence-corrected chi connectivity index (χ2v) is 10.5. The number of hydrogen-bond donors (Lipinski definition) is 1. The fraction of sp³-hybridized carbons (Fsp3) is 0.429. The Morgan fingerprint density at radius 3 is 2.62 bits per heavy atom. The van der Waals surface area contributed by atoms with E-state index in [1.165, 1.54) is 0 Å². The van der Waals surface area contributed by atoms with Gasteiger partial charge in [0.15, 0.2) is 11.5 Å². The monoisotopic (exact) mass is 522 g/mol. The van der Waals surface area contributed by atoms with Crippen LogP contribution in [-0.2, 0) is 13.6 Å². The molecule has 0 bridgehead atoms. The van der Waals surface area contributed by atoms with Crippen molar-refractivity contribution in [3.05, 3.63) is 62.9 Å². The summed E-state index contributed by atoms with van der Waals surface area (Å²) in [6, 6.07) is 11.6. The lowest BCUT2D eigenvalue weighted by atomic mass is 9.98. The normalized spacial score (nSPS) is 17.5. The SMILES string of the molecule is Cn1c(=O)c(C(=O)N2CCCC2)c(N(Cc2ccc3c(c2)OCO3)C2CCNCC2)c2cc(Cl)ccc21. The fourth-order valence-corrected chi connectivity index (χ4v) is 5.99. The van der Waals surface area contributed by atoms with Crippen LogP contribution in [0.1, 0.15) is 41.6 Å². The molecule has 0 atom stereocenters. The van der Waals surface area contributed by atoms with E-state index in [1.807, 2.05) is 35.2 Å². The van der Waals surface area contributed by atoms with Gasteiger partial charge >= 0.3 is 0 Å². The summed E-state index contributed by atoms with van der Waals surface area (Å²) in [7, 11) is 1.73. The van der Waals surface area contributed by atoms with E-state index in [-0.39, 0.29) is 29.9 Å². The van der Waals surface area contributed by atoms with Crippen molar-refractivity contribution in [3.8, 4) is 11.5 Å². The molecule has 0 aliphatic carbocycles. The lowest BCUT2D eigenvalue weighted by Gasteiger charge is -2.38. The van der Waals surface area contributed by atoms with Gasteiger partial charge in [-0.25, -0.2) is 0 Å². The van der Waals surface area contributed by atoms with Crippen LogP contribution < -0.4 is 25.2 Å². The number of hydrogen-bond acceptors (Lipinski definition) is 6. The number of amides is 1. The summed E-state index contributed by atoms with van der Waals surface area (Å²) in [6.07, 6.45) is 3.71. The predicted molar refractivity (Wildman–Crippen MR) is 144 cm³/mol. The molecule has 37 heavy (non-hydrogen) atoms. The first-order valence-electron chi connectivity index (χ1n) is 13.0. The molecular weight excluding hydrogens is 492 g/mol. The maximum absolute atomic E-state index is 14.0. The number of likely N-dealkylation sites (tertiary alicyclic amines) is 1. The van der Waals surface area contributed by atoms with Crippen molar-refractivity contribution >= 4 is 34.1 Å². The first kappa shape index (κ1) is 24.1. The van der Waals surface area contributed by atoms with E-state index in [0.717, 1.165) is 61.0 Å². The number of aryl methyl sites for hydroxylation is 1. The van der Waals surface area contributed by atoms with Gasteiger partial charge in [0.2, 0.25) is 6.79 Å². The molecule has 1 amide bonds. The van der Waals surface area contributed by atoms with Crippen molar-refractivity contribution < 1.29 is 14.3 Å². The Bertz CT molecular complexity index is 1410. The maximum Gasteiger partial charge on any atom is 0.265 e. The van der Waals surface area contributed by atoms with Crippen LogP contribution in [-0.4, -0.2) is 54.4 Å². The standard InChI is InChI=1S/C28H31ClN4O4/c1-31-22-6-5-19(29)15-21(22)26(25(27(31)34)28(35)32-12-2-3-13-32)33(20-8-10-30-11-9-20)16-18-4-7-23-24(14-18)37-17-36-23/h4-7,14-15,20,30H,2-3,8-13,16-17H2,1H3. The summed E-state index contributed by atoms with van der Waals surface area (Å²) in [5.41, 5.74) is 2.43. The lowest BCUT2D eigenvalue weighted by Crippen LogP contribution is -2.45. The van der Waals surface area contributed by atoms with Gasteiger partial charge in [-0.15, -0.1) is 0 Å². The van der Waals surface area contributed by atoms with Gasteiger partial charge in [-0.3, -0.25) is 9.59 Å². The van der Waals surface area contributed by atoms with E-state index < -0.39 is 0 Å². The van der Waals surface area contributed by atoms with Gasteiger partial charge < -0.3 is 29.2 Å². The van der Waals surface area contributed by atoms with Crippen LogP contribution >= 0.6 is 11.6 Å². The molecule has 2 fully saturated rings. The molecule has 4 heterocycles. The van der Waals surface area contributed by atoms with Crippen molar-refractivity contribution in [2.24, 2.45) is 7.05 Å². The smallest absolute Gasteiger partial charge is 0.265 e. The highest BCUT2D eigenvalue weighted by atomic mass is 35.5. The zero-order chi connectivity index (χ0) is 25.5. The molecule has 2 saturated heterocycles. The van der Waals surface area contributed by atoms with Gasteiger partial charge in [0.1, 0.15) is 5.56 Å². The number of anilines is 1. The van der Waals surface area contributed by atoms with E-state index in [1.54, 1.807) is 17.7 Å². The molecule has 6 rings (SSSR count). The number of ether oxygens (including phenoxy) is 2. The van der Waals surface area contributed by atoms with Crippen molar-refractivity contribution in [3.63, 3.8) is 0 Å². The zero-order valence-electron chi connectivity index (χ0n) is 21.0. The number of fused-ring (bicyclic) bond motifs is 2. The highest BCUT2D eigenvalue weighted by Gasteiger charge is 2.33. The van der Waals surface area contributed by atoms with Crippen molar-refractivity contribution in [1.82, 2.24) is 14.8 Å². The quantitative estimate of drug-likeness (QED) is 0.547. The Morgan fingerprint density at radius 2 is 1.84 bits per heavy atom. The fourth-order valence-electron chi connectivity index (χ4n) is 5.82. The number of carbonyl (C=O) groups is 1. The first-order chi connectivity index (χ1) is 18.0. The molecule has 3 aromatic rings. The van der Waals surface area contributed by atoms with Crippen molar-refractivity contribution in [2.45, 2.75) is 38.3 Å². The van der Waals surface area contributed by atoms with E-state index in [0.29, 0.717) is 36.1 Å². The second-order valence-electron chi connectivity index (χ2n) is 10.0. The molecule has 3 aliphatic rings. The number of piperidine rings is 1. The van der Waals surface area contributed by atoms with Crippen molar-refractivity contribution in [1.29, 1.82) is 0 Å². The number of pyridine rings is 1. The minimum atomic E-state index is -0.272. The topological polar surface area (TPSA) is 76.0 Å². The number of nitrogens with zero attached hydrogens (tertiary/aromatic N) is 3. The van der Waals surface area contributed by atoms with Gasteiger partial charge in [0.05, 0.1) is 11.2 Å². The van der Waals surface area contributed by atoms with Crippen LogP contribution in [0, 0.1) is 0 Å². The average Bonchev–Trinajstić information content (AvgIpc) is 3.62. The largest absolute Gasteiger partial charge is 0.454 e. The summed E-state index contributed by atoms with van der Waals surface area (Å²) in [6.45, 7) is 3.83. The van der Waals surface area contributed by atoms with Gasteiger partial charge in [0, 0.05) is 43.1 Å². The maximum atomic E-state index is 14.0. The molecule has 8 nitrogen and oxygen atoms in total. The molecule has 0 spiro atoms. The van der Waals surface area contributed by atoms with Gasteiger partial charge in [-0.05, 0) is 74.7 Å². The molecule has 0 radical (unpaired) electrons. The summed E-state index contributed by atoms with van der Waals surface area (Å²) in [4.78, 5) is 31.9. The van der Waals surface area contributed by atoms with E-state index >= 15 is 0 Å². The number of nitrogens with one attached hydrogen (secondary N) is 1. The molecular formula is C28H31ClN4O4. The van der Waals surface area contributed by atoms with Gasteiger partial charge in [0.25, 0.3) is 11.5 Å². The van der Waals surface area contributed by atoms with E-state index in [9.17, 15) is 9.59 Å². The highest BCUT2D eigenvalue weighted by Crippen LogP contribution is 2.38. The Kier molecular flexibility index (Phi) is 6.46. The molecule has 1 N–H and O–H groups in total. The number of aromatic nitrogens is 1. The van der Waals surface area contributed by atoms with Crippen LogP contribution in [0.25, 0.3) is 10.9 Å². The predicted octanol–water partition coefficient (Wildman–Crippen LogP) is 3.92. The zero-order valence-corrected chi connectivity index (χ0v) is 21.7. The third-order valence-electron chi connectivity index (χ3n) is 7.76. The van der Waals surface area contributed by atoms with Crippen LogP contribution in [0.5, 0.6) is 11.5 Å². The number of halogens is 1. The van der Waals surface area contributed by atoms with Gasteiger partial charge in [-0.1, -0.05) is 17.7 Å². The number of benzene rings is 2. The molecule has 0 unspecified atom stereocenters. The van der Waals surface area contributed by atoms with E-state index in [4.69, 9.17) is 21.1 Å². The van der Waals surface area contributed by atoms with Crippen LogP contribution in [0.15, 0.2) is 41.2 Å². The Morgan fingerprint density at radius 1 is 1.08 bits per heavy atom. The first-order valence-corrected chi connectivity index (χ1v) is 13.4. The van der Waals surface area contributed by atoms with Crippen LogP contribution in [0.4, 0.5) is 5.69 Å². The molecule has 0 saturated carbocycles. The Hall–Kier alpha value is -3.23. The number of rotatable bonds is 5. The lowest BCUT2D eigenvalue weighted by molar-refractivity contribution is 0.0791. The van der Waals surface area contributed by atoms with Crippen LogP contribution in [0.2, 0.25) is 5.02 Å². The molecule has 1 aromatic heterocycles. The third-order valence-corrected chi connectivity index (χ3v) is 8.00. The Balaban J connectivity index is 1.57. The summed E-state index contributed by atoms with van der Waals surface area (Å²) in [5, 5.41) is 4.83. The summed E-state index contributed by atoms with van der Waals surface area (Å²) in [5.74, 6) is 1.25. The molecule has 2 aromatic carbocycles. The highest BCUT2D eigenvalue weighted by molar-refractivity contribution is 6.31. The molecule has 194 valence electrons. The minimum absolute atomic E-state index is 0.145. The van der Waals surface area contributed by atoms with Crippen molar-refractivity contribution in [2.75, 3.05) is 37.9 Å². The summed E-state index contributed by atoms with van der Waals surface area (Å²) >= 11 is 6.51. The van der Waals surface area contributed by atoms with E-state index in [2.05, 4.69) is 10.2 Å². The molecule has 3 aliphatic heterocycles. The number of carbonyl (C=O) groups excluding carboxylic acids is 1. The van der Waals surface area contributed by atoms with Gasteiger partial charge in [-0.2, -0.15) is 0 Å². The molecule has 9 heteroatoms. The average molecular weight is 523 g/mol. The van der Waals surface area contributed by atoms with Crippen LogP contribution in [0.3, 0.4) is 0 Å². The Labute approximate surface area is 220 Å². The summed E-state index contributed by atoms with van der Waals surface area (Å²) < 4.78 is 12.7.